The number of benzene rings is 1. The van der Waals surface area contributed by atoms with Crippen molar-refractivity contribution in [1.29, 1.82) is 0 Å². The Morgan fingerprint density at radius 1 is 1.00 bits per heavy atom. The second-order valence-corrected chi connectivity index (χ2v) is 9.24. The summed E-state index contributed by atoms with van der Waals surface area (Å²) in [6, 6.07) is 7.37. The summed E-state index contributed by atoms with van der Waals surface area (Å²) in [4.78, 5) is 24.6. The standard InChI is InChI=1S/C19H23IN2O2/c20-16-4-2-1-3-15(16)18(24)22-21-17(23)11-19-8-12-5-13(9-19)7-14(6-12)10-19/h1-4,12-14H,5-11H2,(H,21,23)(H,22,24). The quantitative estimate of drug-likeness (QED) is 0.559. The highest BCUT2D eigenvalue weighted by atomic mass is 127. The van der Waals surface area contributed by atoms with E-state index in [2.05, 4.69) is 33.4 Å². The van der Waals surface area contributed by atoms with Gasteiger partial charge in [-0.25, -0.2) is 0 Å². The third kappa shape index (κ3) is 3.19. The predicted octanol–water partition coefficient (Wildman–Crippen LogP) is 3.66. The minimum Gasteiger partial charge on any atom is -0.273 e. The van der Waals surface area contributed by atoms with Crippen LogP contribution in [0.15, 0.2) is 24.3 Å². The molecule has 0 unspecified atom stereocenters. The summed E-state index contributed by atoms with van der Waals surface area (Å²) < 4.78 is 0.878. The summed E-state index contributed by atoms with van der Waals surface area (Å²) in [5.41, 5.74) is 6.01. The number of hydrogen-bond donors (Lipinski definition) is 2. The molecule has 4 saturated carbocycles. The second-order valence-electron chi connectivity index (χ2n) is 8.08. The van der Waals surface area contributed by atoms with Crippen LogP contribution in [0.25, 0.3) is 0 Å². The Hall–Kier alpha value is -1.11. The van der Waals surface area contributed by atoms with Crippen LogP contribution in [0.2, 0.25) is 0 Å². The lowest BCUT2D eigenvalue weighted by molar-refractivity contribution is -0.130. The molecule has 4 aliphatic carbocycles. The average Bonchev–Trinajstić information content (AvgIpc) is 2.51. The fourth-order valence-corrected chi connectivity index (χ4v) is 6.36. The van der Waals surface area contributed by atoms with Gasteiger partial charge in [-0.3, -0.25) is 20.4 Å². The number of carbonyl (C=O) groups is 2. The van der Waals surface area contributed by atoms with Crippen molar-refractivity contribution in [1.82, 2.24) is 10.9 Å². The van der Waals surface area contributed by atoms with Gasteiger partial charge < -0.3 is 0 Å². The normalized spacial score (nSPS) is 33.3. The van der Waals surface area contributed by atoms with Crippen molar-refractivity contribution < 1.29 is 9.59 Å². The lowest BCUT2D eigenvalue weighted by atomic mass is 9.49. The first-order valence-corrected chi connectivity index (χ1v) is 9.95. The maximum atomic E-state index is 12.4. The number of hydrogen-bond acceptors (Lipinski definition) is 2. The molecule has 0 aromatic heterocycles. The van der Waals surface area contributed by atoms with Crippen molar-refractivity contribution in [3.8, 4) is 0 Å². The largest absolute Gasteiger partial charge is 0.273 e. The third-order valence-electron chi connectivity index (χ3n) is 6.13. The lowest BCUT2D eigenvalue weighted by Gasteiger charge is -2.56. The summed E-state index contributed by atoms with van der Waals surface area (Å²) >= 11 is 2.13. The van der Waals surface area contributed by atoms with Crippen molar-refractivity contribution in [3.63, 3.8) is 0 Å². The van der Waals surface area contributed by atoms with Crippen molar-refractivity contribution >= 4 is 34.4 Å². The van der Waals surface area contributed by atoms with Crippen LogP contribution >= 0.6 is 22.6 Å². The Labute approximate surface area is 156 Å². The molecule has 4 aliphatic rings. The van der Waals surface area contributed by atoms with Crippen molar-refractivity contribution in [2.75, 3.05) is 0 Å². The molecule has 1 aromatic rings. The van der Waals surface area contributed by atoms with Crippen LogP contribution in [0.3, 0.4) is 0 Å². The highest BCUT2D eigenvalue weighted by Gasteiger charge is 2.51. The van der Waals surface area contributed by atoms with E-state index >= 15 is 0 Å². The Bertz CT molecular complexity index is 638. The molecule has 2 N–H and O–H groups in total. The zero-order valence-corrected chi connectivity index (χ0v) is 15.8. The summed E-state index contributed by atoms with van der Waals surface area (Å²) in [7, 11) is 0. The first-order chi connectivity index (χ1) is 11.5. The summed E-state index contributed by atoms with van der Waals surface area (Å²) in [6.07, 6.45) is 8.31. The molecule has 4 nitrogen and oxygen atoms in total. The van der Waals surface area contributed by atoms with Crippen LogP contribution in [-0.4, -0.2) is 11.8 Å². The van der Waals surface area contributed by atoms with E-state index in [1.807, 2.05) is 18.2 Å². The van der Waals surface area contributed by atoms with Crippen LogP contribution in [0.4, 0.5) is 0 Å². The maximum Gasteiger partial charge on any atom is 0.270 e. The summed E-state index contributed by atoms with van der Waals surface area (Å²) in [5.74, 6) is 2.22. The van der Waals surface area contributed by atoms with Crippen LogP contribution in [0, 0.1) is 26.7 Å². The van der Waals surface area contributed by atoms with Crippen LogP contribution in [0.5, 0.6) is 0 Å². The van der Waals surface area contributed by atoms with Gasteiger partial charge in [-0.2, -0.15) is 0 Å². The van der Waals surface area contributed by atoms with Gasteiger partial charge in [0.05, 0.1) is 5.56 Å². The smallest absolute Gasteiger partial charge is 0.270 e. The van der Waals surface area contributed by atoms with E-state index in [0.717, 1.165) is 21.3 Å². The predicted molar refractivity (Wildman–Crippen MR) is 100.0 cm³/mol. The van der Waals surface area contributed by atoms with Gasteiger partial charge in [0.1, 0.15) is 0 Å². The van der Waals surface area contributed by atoms with Gasteiger partial charge in [0, 0.05) is 9.99 Å². The zero-order chi connectivity index (χ0) is 16.7. The molecule has 1 aromatic carbocycles. The molecule has 5 heteroatoms. The van der Waals surface area contributed by atoms with E-state index in [0.29, 0.717) is 12.0 Å². The minimum atomic E-state index is -0.251. The number of rotatable bonds is 3. The molecular weight excluding hydrogens is 415 g/mol. The zero-order valence-electron chi connectivity index (χ0n) is 13.7. The van der Waals surface area contributed by atoms with Gasteiger partial charge in [-0.1, -0.05) is 12.1 Å². The van der Waals surface area contributed by atoms with Crippen molar-refractivity contribution in [2.24, 2.45) is 23.2 Å². The Kier molecular flexibility index (Phi) is 4.31. The molecule has 5 rings (SSSR count). The van der Waals surface area contributed by atoms with Gasteiger partial charge in [0.25, 0.3) is 5.91 Å². The molecule has 0 aliphatic heterocycles. The second kappa shape index (κ2) is 6.32. The Morgan fingerprint density at radius 3 is 2.17 bits per heavy atom. The third-order valence-corrected chi connectivity index (χ3v) is 7.08. The molecule has 0 radical (unpaired) electrons. The number of halogens is 1. The maximum absolute atomic E-state index is 12.4. The minimum absolute atomic E-state index is 0.0451. The first kappa shape index (κ1) is 16.4. The van der Waals surface area contributed by atoms with Gasteiger partial charge in [0.15, 0.2) is 0 Å². The van der Waals surface area contributed by atoms with Crippen LogP contribution in [0.1, 0.15) is 55.3 Å². The highest BCUT2D eigenvalue weighted by Crippen LogP contribution is 2.61. The SMILES string of the molecule is O=C(CC12CC3CC(CC(C3)C1)C2)NNC(=O)c1ccccc1I. The van der Waals surface area contributed by atoms with Crippen molar-refractivity contribution in [3.05, 3.63) is 33.4 Å². The number of hydrazine groups is 1. The molecule has 0 atom stereocenters. The molecule has 24 heavy (non-hydrogen) atoms. The highest BCUT2D eigenvalue weighted by molar-refractivity contribution is 14.1. The van der Waals surface area contributed by atoms with Crippen LogP contribution in [-0.2, 0) is 4.79 Å². The van der Waals surface area contributed by atoms with Crippen LogP contribution < -0.4 is 10.9 Å². The first-order valence-electron chi connectivity index (χ1n) is 8.87. The topological polar surface area (TPSA) is 58.2 Å². The monoisotopic (exact) mass is 438 g/mol. The van der Waals surface area contributed by atoms with E-state index in [9.17, 15) is 9.59 Å². The molecule has 128 valence electrons. The van der Waals surface area contributed by atoms with Gasteiger partial charge in [-0.05, 0) is 96.4 Å². The fourth-order valence-electron chi connectivity index (χ4n) is 5.73. The fraction of sp³-hybridized carbons (Fsp3) is 0.579. The van der Waals surface area contributed by atoms with Gasteiger partial charge in [0.2, 0.25) is 5.91 Å². The number of carbonyl (C=O) groups excluding carboxylic acids is 2. The van der Waals surface area contributed by atoms with Gasteiger partial charge in [-0.15, -0.1) is 0 Å². The van der Waals surface area contributed by atoms with E-state index in [4.69, 9.17) is 0 Å². The lowest BCUT2D eigenvalue weighted by Crippen LogP contribution is -2.50. The average molecular weight is 438 g/mol. The molecule has 0 spiro atoms. The Morgan fingerprint density at radius 2 is 1.58 bits per heavy atom. The van der Waals surface area contributed by atoms with E-state index in [1.54, 1.807) is 6.07 Å². The van der Waals surface area contributed by atoms with Gasteiger partial charge >= 0.3 is 0 Å². The van der Waals surface area contributed by atoms with E-state index in [1.165, 1.54) is 38.5 Å². The molecule has 4 fully saturated rings. The number of amides is 2. The number of nitrogens with one attached hydrogen (secondary N) is 2. The molecular formula is C19H23IN2O2. The molecule has 0 saturated heterocycles. The van der Waals surface area contributed by atoms with E-state index in [-0.39, 0.29) is 17.2 Å². The molecule has 2 amide bonds. The van der Waals surface area contributed by atoms with Crippen molar-refractivity contribution in [2.45, 2.75) is 44.9 Å². The molecule has 4 bridgehead atoms. The summed E-state index contributed by atoms with van der Waals surface area (Å²) in [6.45, 7) is 0. The molecule has 0 heterocycles. The summed E-state index contributed by atoms with van der Waals surface area (Å²) in [5, 5.41) is 0. The van der Waals surface area contributed by atoms with E-state index < -0.39 is 0 Å². The Balaban J connectivity index is 1.34.